The molecule has 0 atom stereocenters. The molecule has 104 valence electrons. The first kappa shape index (κ1) is 14.4. The van der Waals surface area contributed by atoms with Gasteiger partial charge >= 0.3 is 5.69 Å². The fourth-order valence-electron chi connectivity index (χ4n) is 1.57. The van der Waals surface area contributed by atoms with Crippen LogP contribution in [0.15, 0.2) is 40.9 Å². The van der Waals surface area contributed by atoms with E-state index in [4.69, 9.17) is 4.74 Å². The minimum Gasteiger partial charge on any atom is -0.480 e. The van der Waals surface area contributed by atoms with Gasteiger partial charge in [-0.1, -0.05) is 12.1 Å². The van der Waals surface area contributed by atoms with E-state index >= 15 is 0 Å². The van der Waals surface area contributed by atoms with Gasteiger partial charge in [-0.3, -0.25) is 10.1 Å². The van der Waals surface area contributed by atoms with Gasteiger partial charge in [-0.05, 0) is 39.7 Å². The molecule has 0 spiro atoms. The summed E-state index contributed by atoms with van der Waals surface area (Å²) in [5.74, 6) is -1.69. The second-order valence-electron chi connectivity index (χ2n) is 3.88. The van der Waals surface area contributed by atoms with Crippen LogP contribution in [0.4, 0.5) is 14.5 Å². The highest BCUT2D eigenvalue weighted by molar-refractivity contribution is 9.10. The number of benzene rings is 2. The molecule has 0 amide bonds. The van der Waals surface area contributed by atoms with E-state index in [0.717, 1.165) is 12.1 Å². The van der Waals surface area contributed by atoms with Crippen LogP contribution >= 0.6 is 15.9 Å². The summed E-state index contributed by atoms with van der Waals surface area (Å²) in [4.78, 5) is 10.1. The Balaban J connectivity index is 2.22. The van der Waals surface area contributed by atoms with Gasteiger partial charge in [-0.25, -0.2) is 8.78 Å². The zero-order chi connectivity index (χ0) is 14.7. The predicted octanol–water partition coefficient (Wildman–Crippen LogP) is 4.21. The summed E-state index contributed by atoms with van der Waals surface area (Å²) in [5.41, 5.74) is 0.0991. The van der Waals surface area contributed by atoms with Gasteiger partial charge in [0.05, 0.1) is 9.40 Å². The molecule has 7 heteroatoms. The van der Waals surface area contributed by atoms with Crippen molar-refractivity contribution < 1.29 is 18.4 Å². The van der Waals surface area contributed by atoms with Crippen LogP contribution in [0.2, 0.25) is 0 Å². The minimum atomic E-state index is -0.819. The maximum Gasteiger partial charge on any atom is 0.314 e. The fourth-order valence-corrected chi connectivity index (χ4v) is 2.00. The number of para-hydroxylation sites is 1. The Kier molecular flexibility index (Phi) is 4.29. The van der Waals surface area contributed by atoms with E-state index in [1.54, 1.807) is 0 Å². The smallest absolute Gasteiger partial charge is 0.314 e. The topological polar surface area (TPSA) is 52.4 Å². The quantitative estimate of drug-likeness (QED) is 0.617. The first-order valence-corrected chi connectivity index (χ1v) is 6.28. The SMILES string of the molecule is O=[N+]([O-])c1cccc(F)c1OCc1ccc(F)c(Br)c1. The van der Waals surface area contributed by atoms with Gasteiger partial charge in [0.15, 0.2) is 5.82 Å². The predicted molar refractivity (Wildman–Crippen MR) is 71.5 cm³/mol. The summed E-state index contributed by atoms with van der Waals surface area (Å²) in [6.07, 6.45) is 0. The molecule has 0 aliphatic rings. The summed E-state index contributed by atoms with van der Waals surface area (Å²) in [6.45, 7) is -0.110. The normalized spacial score (nSPS) is 10.3. The molecular formula is C13H8BrF2NO3. The lowest BCUT2D eigenvalue weighted by Crippen LogP contribution is -2.01. The van der Waals surface area contributed by atoms with E-state index in [2.05, 4.69) is 15.9 Å². The maximum atomic E-state index is 13.6. The molecule has 0 fully saturated rings. The fraction of sp³-hybridized carbons (Fsp3) is 0.0769. The molecule has 0 aromatic heterocycles. The van der Waals surface area contributed by atoms with Crippen LogP contribution in [-0.4, -0.2) is 4.92 Å². The summed E-state index contributed by atoms with van der Waals surface area (Å²) >= 11 is 3.01. The standard InChI is InChI=1S/C13H8BrF2NO3/c14-9-6-8(4-5-10(9)15)7-20-13-11(16)2-1-3-12(13)17(18)19/h1-6H,7H2. The summed E-state index contributed by atoms with van der Waals surface area (Å²) in [6, 6.07) is 7.59. The average molecular weight is 344 g/mol. The van der Waals surface area contributed by atoms with Crippen molar-refractivity contribution >= 4 is 21.6 Å². The maximum absolute atomic E-state index is 13.6. The number of ether oxygens (including phenoxy) is 1. The number of nitrogens with zero attached hydrogens (tertiary/aromatic N) is 1. The Morgan fingerprint density at radius 1 is 1.20 bits per heavy atom. The summed E-state index contributed by atoms with van der Waals surface area (Å²) in [5, 5.41) is 10.8. The third-order valence-electron chi connectivity index (χ3n) is 2.51. The van der Waals surface area contributed by atoms with E-state index in [1.165, 1.54) is 24.3 Å². The number of hydrogen-bond acceptors (Lipinski definition) is 3. The van der Waals surface area contributed by atoms with E-state index < -0.39 is 28.0 Å². The Bertz CT molecular complexity index is 664. The molecular weight excluding hydrogens is 336 g/mol. The van der Waals surface area contributed by atoms with Crippen LogP contribution in [0, 0.1) is 21.7 Å². The van der Waals surface area contributed by atoms with Crippen LogP contribution in [-0.2, 0) is 6.61 Å². The van der Waals surface area contributed by atoms with Crippen LogP contribution in [0.25, 0.3) is 0 Å². The molecule has 2 aromatic rings. The molecule has 2 rings (SSSR count). The molecule has 0 saturated heterocycles. The highest BCUT2D eigenvalue weighted by atomic mass is 79.9. The van der Waals surface area contributed by atoms with Crippen LogP contribution in [0.3, 0.4) is 0 Å². The third-order valence-corrected chi connectivity index (χ3v) is 3.12. The molecule has 0 N–H and O–H groups in total. The minimum absolute atomic E-state index is 0.110. The second-order valence-corrected chi connectivity index (χ2v) is 4.74. The molecule has 0 aliphatic heterocycles. The largest absolute Gasteiger partial charge is 0.480 e. The van der Waals surface area contributed by atoms with Gasteiger partial charge in [0.25, 0.3) is 0 Å². The van der Waals surface area contributed by atoms with Crippen molar-refractivity contribution in [1.29, 1.82) is 0 Å². The first-order valence-electron chi connectivity index (χ1n) is 5.48. The molecule has 0 unspecified atom stereocenters. The van der Waals surface area contributed by atoms with Gasteiger partial charge in [0.2, 0.25) is 5.75 Å². The molecule has 0 saturated carbocycles. The lowest BCUT2D eigenvalue weighted by atomic mass is 10.2. The van der Waals surface area contributed by atoms with Crippen molar-refractivity contribution in [2.24, 2.45) is 0 Å². The van der Waals surface area contributed by atoms with E-state index in [-0.39, 0.29) is 11.1 Å². The third kappa shape index (κ3) is 3.11. The van der Waals surface area contributed by atoms with Gasteiger partial charge in [0, 0.05) is 6.07 Å². The van der Waals surface area contributed by atoms with E-state index in [1.807, 2.05) is 0 Å². The monoisotopic (exact) mass is 343 g/mol. The number of nitro benzene ring substituents is 1. The number of rotatable bonds is 4. The van der Waals surface area contributed by atoms with Gasteiger partial charge < -0.3 is 4.74 Å². The van der Waals surface area contributed by atoms with Gasteiger partial charge in [-0.2, -0.15) is 0 Å². The molecule has 0 bridgehead atoms. The number of hydrogen-bond donors (Lipinski definition) is 0. The second kappa shape index (κ2) is 5.96. The summed E-state index contributed by atoms with van der Waals surface area (Å²) < 4.78 is 32.0. The van der Waals surface area contributed by atoms with Crippen LogP contribution in [0.5, 0.6) is 5.75 Å². The van der Waals surface area contributed by atoms with E-state index in [0.29, 0.717) is 5.56 Å². The summed E-state index contributed by atoms with van der Waals surface area (Å²) in [7, 11) is 0. The Morgan fingerprint density at radius 3 is 2.60 bits per heavy atom. The average Bonchev–Trinajstić information content (AvgIpc) is 2.40. The van der Waals surface area contributed by atoms with Crippen molar-refractivity contribution in [3.63, 3.8) is 0 Å². The molecule has 0 aliphatic carbocycles. The van der Waals surface area contributed by atoms with Crippen molar-refractivity contribution in [2.75, 3.05) is 0 Å². The molecule has 20 heavy (non-hydrogen) atoms. The lowest BCUT2D eigenvalue weighted by molar-refractivity contribution is -0.386. The Labute approximate surface area is 121 Å². The van der Waals surface area contributed by atoms with Crippen molar-refractivity contribution in [1.82, 2.24) is 0 Å². The number of nitro groups is 1. The van der Waals surface area contributed by atoms with Gasteiger partial charge in [0.1, 0.15) is 12.4 Å². The molecule has 0 radical (unpaired) electrons. The lowest BCUT2D eigenvalue weighted by Gasteiger charge is -2.08. The first-order chi connectivity index (χ1) is 9.49. The zero-order valence-electron chi connectivity index (χ0n) is 9.98. The Morgan fingerprint density at radius 2 is 1.95 bits per heavy atom. The van der Waals surface area contributed by atoms with Crippen LogP contribution < -0.4 is 4.74 Å². The van der Waals surface area contributed by atoms with Gasteiger partial charge in [-0.15, -0.1) is 0 Å². The van der Waals surface area contributed by atoms with Crippen molar-refractivity contribution in [2.45, 2.75) is 6.61 Å². The zero-order valence-corrected chi connectivity index (χ0v) is 11.6. The molecule has 4 nitrogen and oxygen atoms in total. The van der Waals surface area contributed by atoms with Crippen LogP contribution in [0.1, 0.15) is 5.56 Å². The Hall–Kier alpha value is -2.02. The molecule has 0 heterocycles. The van der Waals surface area contributed by atoms with Crippen molar-refractivity contribution in [3.05, 3.63) is 68.2 Å². The highest BCUT2D eigenvalue weighted by Gasteiger charge is 2.19. The molecule has 2 aromatic carbocycles. The van der Waals surface area contributed by atoms with Crippen molar-refractivity contribution in [3.8, 4) is 5.75 Å². The number of halogens is 3. The highest BCUT2D eigenvalue weighted by Crippen LogP contribution is 2.30. The van der Waals surface area contributed by atoms with E-state index in [9.17, 15) is 18.9 Å².